The van der Waals surface area contributed by atoms with Gasteiger partial charge in [0, 0.05) is 25.5 Å². The molecule has 122 valence electrons. The lowest BCUT2D eigenvalue weighted by Gasteiger charge is -2.09. The summed E-state index contributed by atoms with van der Waals surface area (Å²) in [4.78, 5) is 29.2. The summed E-state index contributed by atoms with van der Waals surface area (Å²) >= 11 is 3.41. The van der Waals surface area contributed by atoms with E-state index in [0.29, 0.717) is 17.7 Å². The Balaban J connectivity index is 2.35. The average molecular weight is 371 g/mol. The van der Waals surface area contributed by atoms with Crippen LogP contribution in [-0.2, 0) is 20.1 Å². The van der Waals surface area contributed by atoms with E-state index in [-0.39, 0.29) is 11.2 Å². The van der Waals surface area contributed by atoms with Crippen molar-refractivity contribution in [3.63, 3.8) is 0 Å². The van der Waals surface area contributed by atoms with E-state index in [0.717, 1.165) is 44.0 Å². The summed E-state index contributed by atoms with van der Waals surface area (Å²) in [6, 6.07) is 0. The zero-order chi connectivity index (χ0) is 16.1. The van der Waals surface area contributed by atoms with Crippen LogP contribution in [0.15, 0.2) is 15.9 Å². The first-order valence-electron chi connectivity index (χ1n) is 7.82. The number of hydrogen-bond acceptors (Lipinski definition) is 3. The number of aromatic nitrogens is 4. The van der Waals surface area contributed by atoms with Crippen LogP contribution in [0, 0.1) is 0 Å². The van der Waals surface area contributed by atoms with Crippen molar-refractivity contribution in [2.24, 2.45) is 7.05 Å². The van der Waals surface area contributed by atoms with E-state index in [9.17, 15) is 9.59 Å². The first-order chi connectivity index (χ1) is 10.6. The minimum absolute atomic E-state index is 0.218. The van der Waals surface area contributed by atoms with Gasteiger partial charge in [0.15, 0.2) is 11.2 Å². The number of nitrogens with zero attached hydrogens (tertiary/aromatic N) is 4. The van der Waals surface area contributed by atoms with Crippen molar-refractivity contribution in [2.75, 3.05) is 5.33 Å². The topological polar surface area (TPSA) is 61.8 Å². The van der Waals surface area contributed by atoms with Gasteiger partial charge in [-0.25, -0.2) is 9.78 Å². The molecule has 0 fully saturated rings. The summed E-state index contributed by atoms with van der Waals surface area (Å²) in [6.07, 6.45) is 6.66. The highest BCUT2D eigenvalue weighted by Gasteiger charge is 2.15. The fourth-order valence-electron chi connectivity index (χ4n) is 2.65. The van der Waals surface area contributed by atoms with Crippen LogP contribution in [0.5, 0.6) is 0 Å². The van der Waals surface area contributed by atoms with Gasteiger partial charge >= 0.3 is 5.69 Å². The van der Waals surface area contributed by atoms with Crippen LogP contribution in [0.1, 0.15) is 39.0 Å². The molecule has 2 rings (SSSR count). The van der Waals surface area contributed by atoms with Crippen LogP contribution in [0.4, 0.5) is 0 Å². The second-order valence-electron chi connectivity index (χ2n) is 5.51. The molecule has 0 aliphatic heterocycles. The monoisotopic (exact) mass is 370 g/mol. The third-order valence-electron chi connectivity index (χ3n) is 3.83. The van der Waals surface area contributed by atoms with E-state index in [1.54, 1.807) is 13.4 Å². The summed E-state index contributed by atoms with van der Waals surface area (Å²) in [7, 11) is 1.68. The number of hydrogen-bond donors (Lipinski definition) is 0. The van der Waals surface area contributed by atoms with Crippen molar-refractivity contribution in [3.05, 3.63) is 27.2 Å². The van der Waals surface area contributed by atoms with Crippen LogP contribution in [-0.4, -0.2) is 24.0 Å². The van der Waals surface area contributed by atoms with Crippen molar-refractivity contribution in [1.29, 1.82) is 0 Å². The summed E-state index contributed by atoms with van der Waals surface area (Å²) < 4.78 is 4.67. The molecule has 0 N–H and O–H groups in total. The Morgan fingerprint density at radius 3 is 2.55 bits per heavy atom. The molecule has 0 bridgehead atoms. The smallest absolute Gasteiger partial charge is 0.325 e. The van der Waals surface area contributed by atoms with Gasteiger partial charge in [0.05, 0.1) is 6.33 Å². The van der Waals surface area contributed by atoms with Gasteiger partial charge in [0.25, 0.3) is 5.56 Å². The molecule has 22 heavy (non-hydrogen) atoms. The third kappa shape index (κ3) is 3.34. The summed E-state index contributed by atoms with van der Waals surface area (Å²) in [6.45, 7) is 3.26. The van der Waals surface area contributed by atoms with Crippen LogP contribution >= 0.6 is 15.9 Å². The van der Waals surface area contributed by atoms with E-state index in [2.05, 4.69) is 27.8 Å². The Kier molecular flexibility index (Phi) is 5.99. The standard InChI is InChI=1S/C15H23BrN4O2/c1-3-9-19-11-17-13-12(19)14(21)20(15(22)18(13)2)10-7-5-4-6-8-16/h11H,3-10H2,1-2H3. The molecule has 2 aromatic rings. The van der Waals surface area contributed by atoms with Gasteiger partial charge < -0.3 is 4.57 Å². The molecule has 0 spiro atoms. The Morgan fingerprint density at radius 2 is 1.86 bits per heavy atom. The maximum absolute atomic E-state index is 12.7. The Morgan fingerprint density at radius 1 is 1.14 bits per heavy atom. The molecule has 0 aromatic carbocycles. The van der Waals surface area contributed by atoms with Crippen molar-refractivity contribution in [2.45, 2.75) is 52.1 Å². The average Bonchev–Trinajstić information content (AvgIpc) is 2.92. The van der Waals surface area contributed by atoms with Gasteiger partial charge in [-0.1, -0.05) is 35.7 Å². The van der Waals surface area contributed by atoms with E-state index in [1.165, 1.54) is 9.13 Å². The van der Waals surface area contributed by atoms with E-state index >= 15 is 0 Å². The molecule has 0 atom stereocenters. The molecule has 7 heteroatoms. The van der Waals surface area contributed by atoms with Gasteiger partial charge in [-0.2, -0.15) is 0 Å². The summed E-state index contributed by atoms with van der Waals surface area (Å²) in [5.74, 6) is 0. The Labute approximate surface area is 137 Å². The summed E-state index contributed by atoms with van der Waals surface area (Å²) in [5.41, 5.74) is 0.507. The largest absolute Gasteiger partial charge is 0.332 e. The lowest BCUT2D eigenvalue weighted by Crippen LogP contribution is -2.39. The molecular formula is C15H23BrN4O2. The fraction of sp³-hybridized carbons (Fsp3) is 0.667. The number of rotatable bonds is 8. The molecule has 0 saturated carbocycles. The number of unbranched alkanes of at least 4 members (excludes halogenated alkanes) is 3. The summed E-state index contributed by atoms with van der Waals surface area (Å²) in [5, 5.41) is 0.997. The van der Waals surface area contributed by atoms with Gasteiger partial charge in [-0.3, -0.25) is 13.9 Å². The molecule has 0 radical (unpaired) electrons. The molecule has 0 amide bonds. The van der Waals surface area contributed by atoms with Crippen LogP contribution in [0.25, 0.3) is 11.2 Å². The molecule has 6 nitrogen and oxygen atoms in total. The van der Waals surface area contributed by atoms with Gasteiger partial charge in [-0.15, -0.1) is 0 Å². The number of fused-ring (bicyclic) bond motifs is 1. The number of alkyl halides is 1. The maximum atomic E-state index is 12.7. The predicted molar refractivity (Wildman–Crippen MR) is 91.8 cm³/mol. The van der Waals surface area contributed by atoms with Gasteiger partial charge in [-0.05, 0) is 19.3 Å². The predicted octanol–water partition coefficient (Wildman–Crippen LogP) is 2.26. The van der Waals surface area contributed by atoms with Crippen molar-refractivity contribution in [1.82, 2.24) is 18.7 Å². The zero-order valence-electron chi connectivity index (χ0n) is 13.2. The van der Waals surface area contributed by atoms with E-state index < -0.39 is 0 Å². The molecule has 0 unspecified atom stereocenters. The van der Waals surface area contributed by atoms with Crippen molar-refractivity contribution < 1.29 is 0 Å². The lowest BCUT2D eigenvalue weighted by atomic mass is 10.2. The van der Waals surface area contributed by atoms with Crippen molar-refractivity contribution >= 4 is 27.1 Å². The van der Waals surface area contributed by atoms with E-state index in [1.807, 2.05) is 4.57 Å². The Bertz CT molecular complexity index is 744. The minimum atomic E-state index is -0.278. The molecule has 0 aliphatic rings. The van der Waals surface area contributed by atoms with Crippen molar-refractivity contribution in [3.8, 4) is 0 Å². The third-order valence-corrected chi connectivity index (χ3v) is 4.39. The SMILES string of the molecule is CCCn1cnc2c1c(=O)n(CCCCCCBr)c(=O)n2C. The normalized spacial score (nSPS) is 11.4. The number of halogens is 1. The van der Waals surface area contributed by atoms with Crippen LogP contribution in [0.2, 0.25) is 0 Å². The molecule has 2 heterocycles. The maximum Gasteiger partial charge on any atom is 0.332 e. The highest BCUT2D eigenvalue weighted by molar-refractivity contribution is 9.09. The quantitative estimate of drug-likeness (QED) is 0.528. The van der Waals surface area contributed by atoms with Gasteiger partial charge in [0.1, 0.15) is 0 Å². The number of imidazole rings is 1. The lowest BCUT2D eigenvalue weighted by molar-refractivity contribution is 0.538. The second-order valence-corrected chi connectivity index (χ2v) is 6.30. The van der Waals surface area contributed by atoms with Gasteiger partial charge in [0.2, 0.25) is 0 Å². The first-order valence-corrected chi connectivity index (χ1v) is 8.94. The van der Waals surface area contributed by atoms with Crippen LogP contribution in [0.3, 0.4) is 0 Å². The highest BCUT2D eigenvalue weighted by atomic mass is 79.9. The minimum Gasteiger partial charge on any atom is -0.325 e. The molecule has 2 aromatic heterocycles. The molecule has 0 aliphatic carbocycles. The Hall–Kier alpha value is -1.37. The highest BCUT2D eigenvalue weighted by Crippen LogP contribution is 2.07. The fourth-order valence-corrected chi connectivity index (χ4v) is 3.04. The number of aryl methyl sites for hydroxylation is 2. The van der Waals surface area contributed by atoms with Crippen LogP contribution < -0.4 is 11.2 Å². The molecular weight excluding hydrogens is 348 g/mol. The first kappa shape index (κ1) is 17.0. The zero-order valence-corrected chi connectivity index (χ0v) is 14.8. The molecule has 0 saturated heterocycles. The van der Waals surface area contributed by atoms with E-state index in [4.69, 9.17) is 0 Å². The second kappa shape index (κ2) is 7.76.